The largest absolute Gasteiger partial charge is 0.465 e. The minimum Gasteiger partial charge on any atom is -0.465 e. The van der Waals surface area contributed by atoms with Crippen LogP contribution in [0.2, 0.25) is 0 Å². The fourth-order valence-corrected chi connectivity index (χ4v) is 1.95. The van der Waals surface area contributed by atoms with Crippen molar-refractivity contribution in [3.8, 4) is 0 Å². The SMILES string of the molecule is CN(Cc1cc([N+](=O)[O-])ccc1SC(F)F)C(=O)O. The van der Waals surface area contributed by atoms with Crippen LogP contribution in [0.4, 0.5) is 19.3 Å². The highest BCUT2D eigenvalue weighted by Gasteiger charge is 2.17. The number of alkyl halides is 2. The number of hydrogen-bond acceptors (Lipinski definition) is 4. The molecule has 104 valence electrons. The van der Waals surface area contributed by atoms with Gasteiger partial charge in [-0.25, -0.2) is 4.79 Å². The van der Waals surface area contributed by atoms with Gasteiger partial charge in [-0.3, -0.25) is 10.1 Å². The molecule has 0 heterocycles. The molecule has 0 radical (unpaired) electrons. The van der Waals surface area contributed by atoms with Crippen LogP contribution in [-0.2, 0) is 6.54 Å². The van der Waals surface area contributed by atoms with Gasteiger partial charge in [-0.15, -0.1) is 0 Å². The van der Waals surface area contributed by atoms with E-state index in [0.29, 0.717) is 0 Å². The molecule has 1 amide bonds. The summed E-state index contributed by atoms with van der Waals surface area (Å²) in [6, 6.07) is 3.40. The van der Waals surface area contributed by atoms with E-state index >= 15 is 0 Å². The van der Waals surface area contributed by atoms with Gasteiger partial charge < -0.3 is 10.0 Å². The zero-order valence-electron chi connectivity index (χ0n) is 9.75. The van der Waals surface area contributed by atoms with E-state index in [4.69, 9.17) is 5.11 Å². The van der Waals surface area contributed by atoms with E-state index < -0.39 is 16.8 Å². The van der Waals surface area contributed by atoms with Crippen molar-refractivity contribution in [1.82, 2.24) is 4.90 Å². The molecule has 9 heteroatoms. The number of halogens is 2. The number of non-ortho nitro benzene ring substituents is 1. The Balaban J connectivity index is 3.10. The van der Waals surface area contributed by atoms with E-state index in [1.54, 1.807) is 0 Å². The lowest BCUT2D eigenvalue weighted by Crippen LogP contribution is -2.24. The molecule has 0 aliphatic rings. The first-order chi connectivity index (χ1) is 8.81. The van der Waals surface area contributed by atoms with Crippen LogP contribution in [0.25, 0.3) is 0 Å². The standard InChI is InChI=1S/C10H10F2N2O4S/c1-13(10(15)16)5-6-4-7(14(17)18)2-3-8(6)19-9(11)12/h2-4,9H,5H2,1H3,(H,15,16). The van der Waals surface area contributed by atoms with Gasteiger partial charge in [0.2, 0.25) is 0 Å². The number of nitro benzene ring substituents is 1. The van der Waals surface area contributed by atoms with Gasteiger partial charge in [-0.2, -0.15) is 8.78 Å². The van der Waals surface area contributed by atoms with Crippen LogP contribution >= 0.6 is 11.8 Å². The number of nitrogens with zero attached hydrogens (tertiary/aromatic N) is 2. The molecule has 1 N–H and O–H groups in total. The summed E-state index contributed by atoms with van der Waals surface area (Å²) in [5.41, 5.74) is -0.100. The van der Waals surface area contributed by atoms with E-state index in [1.807, 2.05) is 0 Å². The molecule has 0 bridgehead atoms. The molecule has 0 fully saturated rings. The lowest BCUT2D eigenvalue weighted by atomic mass is 10.2. The number of benzene rings is 1. The van der Waals surface area contributed by atoms with Crippen LogP contribution < -0.4 is 0 Å². The van der Waals surface area contributed by atoms with E-state index in [0.717, 1.165) is 17.0 Å². The third-order valence-electron chi connectivity index (χ3n) is 2.21. The average Bonchev–Trinajstić information content (AvgIpc) is 2.30. The van der Waals surface area contributed by atoms with Crippen molar-refractivity contribution in [2.75, 3.05) is 7.05 Å². The van der Waals surface area contributed by atoms with Gasteiger partial charge in [-0.1, -0.05) is 11.8 Å². The van der Waals surface area contributed by atoms with Gasteiger partial charge in [-0.05, 0) is 11.6 Å². The highest BCUT2D eigenvalue weighted by Crippen LogP contribution is 2.31. The number of hydrogen-bond donors (Lipinski definition) is 1. The summed E-state index contributed by atoms with van der Waals surface area (Å²) in [7, 11) is 1.25. The molecule has 19 heavy (non-hydrogen) atoms. The lowest BCUT2D eigenvalue weighted by molar-refractivity contribution is -0.385. The predicted molar refractivity (Wildman–Crippen MR) is 64.4 cm³/mol. The smallest absolute Gasteiger partial charge is 0.407 e. The minimum absolute atomic E-state index is 0.119. The molecule has 1 aromatic carbocycles. The predicted octanol–water partition coefficient (Wildman–Crippen LogP) is 3.02. The lowest BCUT2D eigenvalue weighted by Gasteiger charge is -2.15. The first-order valence-corrected chi connectivity index (χ1v) is 5.85. The van der Waals surface area contributed by atoms with Gasteiger partial charge in [0.25, 0.3) is 11.4 Å². The Labute approximate surface area is 111 Å². The fourth-order valence-electron chi connectivity index (χ4n) is 1.34. The number of thioether (sulfide) groups is 1. The summed E-state index contributed by atoms with van der Waals surface area (Å²) in [5, 5.41) is 19.4. The Kier molecular flexibility index (Phi) is 5.04. The number of carbonyl (C=O) groups is 1. The van der Waals surface area contributed by atoms with Gasteiger partial charge in [0, 0.05) is 24.1 Å². The highest BCUT2D eigenvalue weighted by atomic mass is 32.2. The minimum atomic E-state index is -2.68. The van der Waals surface area contributed by atoms with Crippen LogP contribution in [-0.4, -0.2) is 33.8 Å². The summed E-state index contributed by atoms with van der Waals surface area (Å²) in [6.07, 6.45) is -1.25. The molecule has 0 unspecified atom stereocenters. The van der Waals surface area contributed by atoms with Crippen molar-refractivity contribution < 1.29 is 23.6 Å². The molecule has 1 rings (SSSR count). The molecule has 1 aromatic rings. The van der Waals surface area contributed by atoms with Gasteiger partial charge >= 0.3 is 6.09 Å². The van der Waals surface area contributed by atoms with E-state index in [-0.39, 0.29) is 34.5 Å². The Morgan fingerprint density at radius 2 is 2.21 bits per heavy atom. The number of rotatable bonds is 5. The van der Waals surface area contributed by atoms with Crippen LogP contribution in [0.3, 0.4) is 0 Å². The van der Waals surface area contributed by atoms with Crippen molar-refractivity contribution in [2.45, 2.75) is 17.2 Å². The number of carboxylic acid groups (broad SMARTS) is 1. The highest BCUT2D eigenvalue weighted by molar-refractivity contribution is 7.99. The second-order valence-electron chi connectivity index (χ2n) is 3.57. The first kappa shape index (κ1) is 15.2. The molecule has 0 saturated carbocycles. The molecule has 0 aliphatic carbocycles. The number of nitro groups is 1. The maximum Gasteiger partial charge on any atom is 0.407 e. The summed E-state index contributed by atoms with van der Waals surface area (Å²) >= 11 is 0.224. The van der Waals surface area contributed by atoms with Crippen LogP contribution in [0, 0.1) is 10.1 Å². The monoisotopic (exact) mass is 292 g/mol. The molecule has 0 aliphatic heterocycles. The van der Waals surface area contributed by atoms with Crippen molar-refractivity contribution in [1.29, 1.82) is 0 Å². The quantitative estimate of drug-likeness (QED) is 0.512. The van der Waals surface area contributed by atoms with Gasteiger partial charge in [0.05, 0.1) is 11.5 Å². The van der Waals surface area contributed by atoms with Crippen molar-refractivity contribution in [3.63, 3.8) is 0 Å². The normalized spacial score (nSPS) is 10.5. The second kappa shape index (κ2) is 6.32. The van der Waals surface area contributed by atoms with Crippen LogP contribution in [0.1, 0.15) is 5.56 Å². The van der Waals surface area contributed by atoms with E-state index in [9.17, 15) is 23.7 Å². The van der Waals surface area contributed by atoms with Crippen molar-refractivity contribution in [3.05, 3.63) is 33.9 Å². The third kappa shape index (κ3) is 4.36. The Morgan fingerprint density at radius 3 is 2.68 bits per heavy atom. The number of amides is 1. The molecular formula is C10H10F2N2O4S. The molecule has 6 nitrogen and oxygen atoms in total. The van der Waals surface area contributed by atoms with Crippen molar-refractivity contribution >= 4 is 23.5 Å². The third-order valence-corrected chi connectivity index (χ3v) is 3.04. The van der Waals surface area contributed by atoms with Crippen LogP contribution in [0.5, 0.6) is 0 Å². The topological polar surface area (TPSA) is 83.7 Å². The second-order valence-corrected chi connectivity index (χ2v) is 4.60. The van der Waals surface area contributed by atoms with Crippen LogP contribution in [0.15, 0.2) is 23.1 Å². The molecule has 0 aromatic heterocycles. The van der Waals surface area contributed by atoms with E-state index in [2.05, 4.69) is 0 Å². The summed E-state index contributed by atoms with van der Waals surface area (Å²) in [5.74, 6) is -2.68. The molecular weight excluding hydrogens is 282 g/mol. The van der Waals surface area contributed by atoms with Gasteiger partial charge in [0.1, 0.15) is 0 Å². The zero-order valence-corrected chi connectivity index (χ0v) is 10.6. The fraction of sp³-hybridized carbons (Fsp3) is 0.300. The Hall–Kier alpha value is -1.90. The Bertz CT molecular complexity index is 498. The summed E-state index contributed by atoms with van der Waals surface area (Å²) < 4.78 is 24.7. The zero-order chi connectivity index (χ0) is 14.6. The first-order valence-electron chi connectivity index (χ1n) is 4.97. The maximum atomic E-state index is 12.4. The molecule has 0 atom stereocenters. The Morgan fingerprint density at radius 1 is 1.58 bits per heavy atom. The van der Waals surface area contributed by atoms with Crippen molar-refractivity contribution in [2.24, 2.45) is 0 Å². The average molecular weight is 292 g/mol. The maximum absolute atomic E-state index is 12.4. The summed E-state index contributed by atoms with van der Waals surface area (Å²) in [6.45, 7) is -0.202. The summed E-state index contributed by atoms with van der Waals surface area (Å²) in [4.78, 5) is 21.6. The molecule has 0 saturated heterocycles. The van der Waals surface area contributed by atoms with Gasteiger partial charge in [0.15, 0.2) is 0 Å². The molecule has 0 spiro atoms. The van der Waals surface area contributed by atoms with E-state index in [1.165, 1.54) is 13.1 Å².